The van der Waals surface area contributed by atoms with Crippen LogP contribution in [0.1, 0.15) is 38.4 Å². The predicted molar refractivity (Wildman–Crippen MR) is 68.3 cm³/mol. The van der Waals surface area contributed by atoms with Crippen LogP contribution < -0.4 is 5.32 Å². The van der Waals surface area contributed by atoms with Crippen LogP contribution in [-0.2, 0) is 11.2 Å². The van der Waals surface area contributed by atoms with Gasteiger partial charge in [0.15, 0.2) is 5.82 Å². The van der Waals surface area contributed by atoms with Crippen molar-refractivity contribution in [3.8, 4) is 0 Å². The fourth-order valence-corrected chi connectivity index (χ4v) is 2.31. The standard InChI is InChI=1S/C13H23N3O2/c1-9(2)12-8-11(5-7-17-12)14-6-4-13-15-10(3)18-16-13/h9,11-12,14H,4-8H2,1-3H3. The highest BCUT2D eigenvalue weighted by molar-refractivity contribution is 4.86. The fraction of sp³-hybridized carbons (Fsp3) is 0.846. The second-order valence-electron chi connectivity index (χ2n) is 5.31. The summed E-state index contributed by atoms with van der Waals surface area (Å²) in [5.74, 6) is 2.01. The van der Waals surface area contributed by atoms with Crippen molar-refractivity contribution in [1.29, 1.82) is 0 Å². The van der Waals surface area contributed by atoms with Gasteiger partial charge in [0.2, 0.25) is 5.89 Å². The van der Waals surface area contributed by atoms with Crippen LogP contribution in [0.5, 0.6) is 0 Å². The van der Waals surface area contributed by atoms with Gasteiger partial charge in [-0.2, -0.15) is 4.98 Å². The number of nitrogens with one attached hydrogen (secondary N) is 1. The molecule has 1 saturated heterocycles. The van der Waals surface area contributed by atoms with Crippen LogP contribution >= 0.6 is 0 Å². The van der Waals surface area contributed by atoms with Gasteiger partial charge in [0, 0.05) is 32.5 Å². The van der Waals surface area contributed by atoms with E-state index in [1.807, 2.05) is 6.92 Å². The van der Waals surface area contributed by atoms with Gasteiger partial charge in [-0.1, -0.05) is 19.0 Å². The Balaban J connectivity index is 1.70. The zero-order valence-electron chi connectivity index (χ0n) is 11.5. The molecule has 1 aliphatic rings. The Morgan fingerprint density at radius 3 is 2.94 bits per heavy atom. The Kier molecular flexibility index (Phi) is 4.72. The molecule has 0 saturated carbocycles. The summed E-state index contributed by atoms with van der Waals surface area (Å²) in [6.07, 6.45) is 3.40. The van der Waals surface area contributed by atoms with Gasteiger partial charge < -0.3 is 14.6 Å². The SMILES string of the molecule is Cc1nc(CCNC2CCOC(C(C)C)C2)no1. The lowest BCUT2D eigenvalue weighted by Crippen LogP contribution is -2.41. The molecule has 5 nitrogen and oxygen atoms in total. The van der Waals surface area contributed by atoms with Gasteiger partial charge in [0.1, 0.15) is 0 Å². The Hall–Kier alpha value is -0.940. The summed E-state index contributed by atoms with van der Waals surface area (Å²) < 4.78 is 10.7. The van der Waals surface area contributed by atoms with Crippen molar-refractivity contribution in [2.75, 3.05) is 13.2 Å². The first-order valence-electron chi connectivity index (χ1n) is 6.79. The molecular weight excluding hydrogens is 230 g/mol. The first-order valence-corrected chi connectivity index (χ1v) is 6.79. The summed E-state index contributed by atoms with van der Waals surface area (Å²) in [7, 11) is 0. The molecule has 0 radical (unpaired) electrons. The van der Waals surface area contributed by atoms with Crippen molar-refractivity contribution in [3.05, 3.63) is 11.7 Å². The first-order chi connectivity index (χ1) is 8.65. The Labute approximate surface area is 108 Å². The molecule has 2 unspecified atom stereocenters. The average Bonchev–Trinajstić information content (AvgIpc) is 2.75. The lowest BCUT2D eigenvalue weighted by molar-refractivity contribution is -0.0242. The minimum Gasteiger partial charge on any atom is -0.378 e. The quantitative estimate of drug-likeness (QED) is 0.865. The third kappa shape index (κ3) is 3.78. The Morgan fingerprint density at radius 1 is 1.44 bits per heavy atom. The van der Waals surface area contributed by atoms with Crippen LogP contribution in [0, 0.1) is 12.8 Å². The number of hydrogen-bond donors (Lipinski definition) is 1. The highest BCUT2D eigenvalue weighted by atomic mass is 16.5. The predicted octanol–water partition coefficient (Wildman–Crippen LogP) is 1.71. The van der Waals surface area contributed by atoms with Gasteiger partial charge >= 0.3 is 0 Å². The summed E-state index contributed by atoms with van der Waals surface area (Å²) in [5.41, 5.74) is 0. The van der Waals surface area contributed by atoms with Crippen LogP contribution in [-0.4, -0.2) is 35.4 Å². The van der Waals surface area contributed by atoms with Gasteiger partial charge in [0.05, 0.1) is 6.10 Å². The van der Waals surface area contributed by atoms with Crippen molar-refractivity contribution in [3.63, 3.8) is 0 Å². The minimum atomic E-state index is 0.392. The van der Waals surface area contributed by atoms with Crippen molar-refractivity contribution in [2.24, 2.45) is 5.92 Å². The highest BCUT2D eigenvalue weighted by Gasteiger charge is 2.24. The highest BCUT2D eigenvalue weighted by Crippen LogP contribution is 2.20. The van der Waals surface area contributed by atoms with Gasteiger partial charge in [-0.05, 0) is 18.8 Å². The van der Waals surface area contributed by atoms with E-state index in [4.69, 9.17) is 9.26 Å². The average molecular weight is 253 g/mol. The summed E-state index contributed by atoms with van der Waals surface area (Å²) in [6, 6.07) is 0.555. The normalized spacial score (nSPS) is 24.7. The number of nitrogens with zero attached hydrogens (tertiary/aromatic N) is 2. The lowest BCUT2D eigenvalue weighted by atomic mass is 9.95. The third-order valence-corrected chi connectivity index (χ3v) is 3.41. The van der Waals surface area contributed by atoms with E-state index in [9.17, 15) is 0 Å². The van der Waals surface area contributed by atoms with Crippen LogP contribution in [0.15, 0.2) is 4.52 Å². The molecule has 0 spiro atoms. The van der Waals surface area contributed by atoms with Crippen LogP contribution in [0.4, 0.5) is 0 Å². The summed E-state index contributed by atoms with van der Waals surface area (Å²) >= 11 is 0. The molecule has 2 atom stereocenters. The number of hydrogen-bond acceptors (Lipinski definition) is 5. The van der Waals surface area contributed by atoms with Gasteiger partial charge in [-0.3, -0.25) is 0 Å². The molecule has 1 aliphatic heterocycles. The maximum Gasteiger partial charge on any atom is 0.223 e. The topological polar surface area (TPSA) is 60.2 Å². The molecule has 2 heterocycles. The smallest absolute Gasteiger partial charge is 0.223 e. The van der Waals surface area contributed by atoms with Crippen molar-refractivity contribution in [2.45, 2.75) is 52.2 Å². The van der Waals surface area contributed by atoms with E-state index in [2.05, 4.69) is 29.3 Å². The molecule has 2 rings (SSSR count). The first kappa shape index (κ1) is 13.5. The molecule has 1 fully saturated rings. The van der Waals surface area contributed by atoms with E-state index in [1.54, 1.807) is 0 Å². The van der Waals surface area contributed by atoms with Gasteiger partial charge in [-0.25, -0.2) is 0 Å². The van der Waals surface area contributed by atoms with E-state index in [-0.39, 0.29) is 0 Å². The maximum atomic E-state index is 5.76. The van der Waals surface area contributed by atoms with E-state index < -0.39 is 0 Å². The lowest BCUT2D eigenvalue weighted by Gasteiger charge is -2.32. The van der Waals surface area contributed by atoms with Crippen molar-refractivity contribution in [1.82, 2.24) is 15.5 Å². The van der Waals surface area contributed by atoms with Crippen LogP contribution in [0.25, 0.3) is 0 Å². The third-order valence-electron chi connectivity index (χ3n) is 3.41. The van der Waals surface area contributed by atoms with E-state index >= 15 is 0 Å². The Morgan fingerprint density at radius 2 is 2.28 bits per heavy atom. The number of aromatic nitrogens is 2. The van der Waals surface area contributed by atoms with Gasteiger partial charge in [0.25, 0.3) is 0 Å². The summed E-state index contributed by atoms with van der Waals surface area (Å²) in [4.78, 5) is 4.19. The van der Waals surface area contributed by atoms with E-state index in [1.165, 1.54) is 0 Å². The molecule has 0 aliphatic carbocycles. The maximum absolute atomic E-state index is 5.76. The van der Waals surface area contributed by atoms with E-state index in [0.29, 0.717) is 24.0 Å². The molecule has 1 N–H and O–H groups in total. The zero-order valence-corrected chi connectivity index (χ0v) is 11.5. The van der Waals surface area contributed by atoms with E-state index in [0.717, 1.165) is 38.2 Å². The second-order valence-corrected chi connectivity index (χ2v) is 5.31. The number of rotatable bonds is 5. The molecule has 18 heavy (non-hydrogen) atoms. The van der Waals surface area contributed by atoms with Crippen molar-refractivity contribution < 1.29 is 9.26 Å². The van der Waals surface area contributed by atoms with Crippen LogP contribution in [0.3, 0.4) is 0 Å². The second kappa shape index (κ2) is 6.29. The van der Waals surface area contributed by atoms with Crippen LogP contribution in [0.2, 0.25) is 0 Å². The largest absolute Gasteiger partial charge is 0.378 e. The monoisotopic (exact) mass is 253 g/mol. The number of ether oxygens (including phenoxy) is 1. The summed E-state index contributed by atoms with van der Waals surface area (Å²) in [5, 5.41) is 7.45. The molecule has 102 valence electrons. The Bertz CT molecular complexity index is 365. The minimum absolute atomic E-state index is 0.392. The molecule has 0 amide bonds. The van der Waals surface area contributed by atoms with Crippen molar-refractivity contribution >= 4 is 0 Å². The molecule has 0 bridgehead atoms. The molecule has 1 aromatic heterocycles. The zero-order chi connectivity index (χ0) is 13.0. The molecular formula is C13H23N3O2. The fourth-order valence-electron chi connectivity index (χ4n) is 2.31. The molecule has 5 heteroatoms. The molecule has 1 aromatic rings. The summed E-state index contributed by atoms with van der Waals surface area (Å²) in [6.45, 7) is 8.01. The van der Waals surface area contributed by atoms with Gasteiger partial charge in [-0.15, -0.1) is 0 Å². The number of aryl methyl sites for hydroxylation is 1. The molecule has 0 aromatic carbocycles.